The van der Waals surface area contributed by atoms with E-state index in [0.717, 1.165) is 6.92 Å². The zero-order valence-corrected chi connectivity index (χ0v) is 8.62. The molecule has 0 aliphatic carbocycles. The van der Waals surface area contributed by atoms with Gasteiger partial charge in [0.2, 0.25) is 5.85 Å². The van der Waals surface area contributed by atoms with Gasteiger partial charge in [-0.25, -0.2) is 22.0 Å². The van der Waals surface area contributed by atoms with E-state index in [2.05, 4.69) is 9.47 Å². The van der Waals surface area contributed by atoms with Crippen molar-refractivity contribution in [3.05, 3.63) is 0 Å². The van der Waals surface area contributed by atoms with E-state index in [0.29, 0.717) is 13.8 Å². The van der Waals surface area contributed by atoms with Crippen LogP contribution in [0, 0.1) is 0 Å². The fourth-order valence-corrected chi connectivity index (χ4v) is 0.428. The molecule has 0 N–H and O–H groups in total. The predicted octanol–water partition coefficient (Wildman–Crippen LogP) is 2.97. The number of ether oxygens (including phenoxy) is 2. The molecule has 0 aromatic rings. The van der Waals surface area contributed by atoms with Gasteiger partial charge in [-0.1, -0.05) is 0 Å². The van der Waals surface area contributed by atoms with E-state index in [4.69, 9.17) is 0 Å². The molecule has 2 unspecified atom stereocenters. The van der Waals surface area contributed by atoms with Crippen LogP contribution in [-0.2, 0) is 9.47 Å². The lowest BCUT2D eigenvalue weighted by Gasteiger charge is -2.28. The molecule has 0 saturated carbocycles. The summed E-state index contributed by atoms with van der Waals surface area (Å²) in [5.74, 6) is -9.72. The van der Waals surface area contributed by atoms with Crippen LogP contribution < -0.4 is 0 Å². The summed E-state index contributed by atoms with van der Waals surface area (Å²) in [6, 6.07) is 0. The topological polar surface area (TPSA) is 18.5 Å². The molecular weight excluding hydrogens is 223 g/mol. The van der Waals surface area contributed by atoms with Crippen molar-refractivity contribution in [3.8, 4) is 0 Å². The average Bonchev–Trinajstić information content (AvgIpc) is 2.01. The Morgan fingerprint density at radius 3 is 1.73 bits per heavy atom. The Kier molecular flexibility index (Phi) is 4.48. The van der Waals surface area contributed by atoms with Crippen molar-refractivity contribution in [2.45, 2.75) is 38.4 Å². The van der Waals surface area contributed by atoms with Gasteiger partial charge in [-0.15, -0.1) is 0 Å². The van der Waals surface area contributed by atoms with Crippen molar-refractivity contribution < 1.29 is 31.4 Å². The van der Waals surface area contributed by atoms with E-state index in [1.807, 2.05) is 0 Å². The van der Waals surface area contributed by atoms with Crippen molar-refractivity contribution in [2.75, 3.05) is 13.5 Å². The SMILES string of the molecule is CC(F)(CF)OCOC(C)(F)C(C)(F)F. The maximum Gasteiger partial charge on any atom is 0.302 e. The lowest BCUT2D eigenvalue weighted by Crippen LogP contribution is -2.43. The minimum atomic E-state index is -3.77. The van der Waals surface area contributed by atoms with E-state index < -0.39 is 31.1 Å². The van der Waals surface area contributed by atoms with Gasteiger partial charge in [0.15, 0.2) is 6.79 Å². The van der Waals surface area contributed by atoms with E-state index >= 15 is 0 Å². The standard InChI is InChI=1S/C8H13F5O2/c1-6(10,4-9)14-5-15-8(3,13)7(2,11)12/h4-5H2,1-3H3. The summed E-state index contributed by atoms with van der Waals surface area (Å²) < 4.78 is 70.6. The summed E-state index contributed by atoms with van der Waals surface area (Å²) >= 11 is 0. The van der Waals surface area contributed by atoms with Crippen LogP contribution in [0.1, 0.15) is 20.8 Å². The van der Waals surface area contributed by atoms with E-state index in [-0.39, 0.29) is 0 Å². The van der Waals surface area contributed by atoms with Gasteiger partial charge in [0.1, 0.15) is 6.67 Å². The van der Waals surface area contributed by atoms with Crippen LogP contribution in [0.5, 0.6) is 0 Å². The van der Waals surface area contributed by atoms with Crippen molar-refractivity contribution >= 4 is 0 Å². The predicted molar refractivity (Wildman–Crippen MR) is 42.7 cm³/mol. The molecular formula is C8H13F5O2. The highest BCUT2D eigenvalue weighted by atomic mass is 19.3. The molecule has 2 atom stereocenters. The molecule has 15 heavy (non-hydrogen) atoms. The van der Waals surface area contributed by atoms with Crippen LogP contribution in [0.3, 0.4) is 0 Å². The summed E-state index contributed by atoms with van der Waals surface area (Å²) in [5.41, 5.74) is 0. The Hall–Kier alpha value is -0.430. The molecule has 0 fully saturated rings. The monoisotopic (exact) mass is 236 g/mol. The molecule has 0 spiro atoms. The normalized spacial score (nSPS) is 20.8. The van der Waals surface area contributed by atoms with Gasteiger partial charge < -0.3 is 9.47 Å². The molecule has 0 rings (SSSR count). The molecule has 0 aliphatic heterocycles. The van der Waals surface area contributed by atoms with Crippen LogP contribution in [-0.4, -0.2) is 31.1 Å². The van der Waals surface area contributed by atoms with Crippen molar-refractivity contribution in [1.29, 1.82) is 0 Å². The molecule has 0 saturated heterocycles. The molecule has 0 amide bonds. The summed E-state index contributed by atoms with van der Waals surface area (Å²) in [7, 11) is 0. The van der Waals surface area contributed by atoms with Gasteiger partial charge in [-0.3, -0.25) is 0 Å². The highest BCUT2D eigenvalue weighted by Crippen LogP contribution is 2.32. The van der Waals surface area contributed by atoms with E-state index in [1.54, 1.807) is 0 Å². The summed E-state index contributed by atoms with van der Waals surface area (Å²) in [5, 5.41) is 0. The van der Waals surface area contributed by atoms with Gasteiger partial charge in [0, 0.05) is 13.8 Å². The zero-order chi connectivity index (χ0) is 12.3. The van der Waals surface area contributed by atoms with Gasteiger partial charge >= 0.3 is 5.92 Å². The largest absolute Gasteiger partial charge is 0.317 e. The summed E-state index contributed by atoms with van der Waals surface area (Å²) in [6.07, 6.45) is 0. The second-order valence-corrected chi connectivity index (χ2v) is 3.45. The summed E-state index contributed by atoms with van der Waals surface area (Å²) in [4.78, 5) is 0. The molecule has 0 aliphatic rings. The molecule has 0 bridgehead atoms. The minimum absolute atomic E-state index is 0.302. The van der Waals surface area contributed by atoms with Crippen LogP contribution in [0.25, 0.3) is 0 Å². The van der Waals surface area contributed by atoms with E-state index in [1.165, 1.54) is 0 Å². The fourth-order valence-electron chi connectivity index (χ4n) is 0.428. The molecule has 92 valence electrons. The molecule has 0 aromatic heterocycles. The lowest BCUT2D eigenvalue weighted by molar-refractivity contribution is -0.313. The van der Waals surface area contributed by atoms with Gasteiger partial charge in [-0.05, 0) is 6.92 Å². The Bertz CT molecular complexity index is 200. The average molecular weight is 236 g/mol. The van der Waals surface area contributed by atoms with Crippen molar-refractivity contribution in [2.24, 2.45) is 0 Å². The highest BCUT2D eigenvalue weighted by molar-refractivity contribution is 4.76. The number of halogens is 5. The second kappa shape index (κ2) is 4.61. The third kappa shape index (κ3) is 4.74. The maximum atomic E-state index is 13.0. The lowest BCUT2D eigenvalue weighted by atomic mass is 10.2. The first kappa shape index (κ1) is 14.6. The first-order valence-electron chi connectivity index (χ1n) is 4.11. The molecule has 0 heterocycles. The van der Waals surface area contributed by atoms with Gasteiger partial charge in [0.05, 0.1) is 0 Å². The minimum Gasteiger partial charge on any atom is -0.317 e. The molecule has 0 aromatic carbocycles. The Morgan fingerprint density at radius 2 is 1.40 bits per heavy atom. The molecule has 7 heteroatoms. The first-order chi connectivity index (χ1) is 6.52. The first-order valence-corrected chi connectivity index (χ1v) is 4.11. The Balaban J connectivity index is 4.07. The van der Waals surface area contributed by atoms with Gasteiger partial charge in [0.25, 0.3) is 5.85 Å². The number of hydrogen-bond donors (Lipinski definition) is 0. The van der Waals surface area contributed by atoms with Crippen LogP contribution in [0.2, 0.25) is 0 Å². The smallest absolute Gasteiger partial charge is 0.302 e. The Labute approximate surface area is 84.3 Å². The molecule has 2 nitrogen and oxygen atoms in total. The third-order valence-electron chi connectivity index (χ3n) is 1.71. The third-order valence-corrected chi connectivity index (χ3v) is 1.71. The Morgan fingerprint density at radius 1 is 0.933 bits per heavy atom. The van der Waals surface area contributed by atoms with Crippen molar-refractivity contribution in [3.63, 3.8) is 0 Å². The highest BCUT2D eigenvalue weighted by Gasteiger charge is 2.48. The number of rotatable bonds is 6. The quantitative estimate of drug-likeness (QED) is 0.521. The summed E-state index contributed by atoms with van der Waals surface area (Å²) in [6.45, 7) is -1.08. The zero-order valence-electron chi connectivity index (χ0n) is 8.62. The van der Waals surface area contributed by atoms with E-state index in [9.17, 15) is 22.0 Å². The van der Waals surface area contributed by atoms with Crippen LogP contribution >= 0.6 is 0 Å². The number of hydrogen-bond acceptors (Lipinski definition) is 2. The van der Waals surface area contributed by atoms with Crippen LogP contribution in [0.4, 0.5) is 22.0 Å². The van der Waals surface area contributed by atoms with Crippen LogP contribution in [0.15, 0.2) is 0 Å². The van der Waals surface area contributed by atoms with Gasteiger partial charge in [-0.2, -0.15) is 0 Å². The molecule has 0 radical (unpaired) electrons. The number of alkyl halides is 5. The maximum absolute atomic E-state index is 13.0. The van der Waals surface area contributed by atoms with Crippen molar-refractivity contribution in [1.82, 2.24) is 0 Å². The second-order valence-electron chi connectivity index (χ2n) is 3.45. The fraction of sp³-hybridized carbons (Fsp3) is 1.00.